The third kappa shape index (κ3) is 0.667. The van der Waals surface area contributed by atoms with Crippen molar-refractivity contribution in [2.75, 3.05) is 13.2 Å². The van der Waals surface area contributed by atoms with E-state index in [0.717, 1.165) is 0 Å². The zero-order valence-electron chi connectivity index (χ0n) is 4.18. The summed E-state index contributed by atoms with van der Waals surface area (Å²) in [5.74, 6) is 0. The summed E-state index contributed by atoms with van der Waals surface area (Å²) in [6.07, 6.45) is 1.73. The molecule has 0 bridgehead atoms. The maximum Gasteiger partial charge on any atom is 0.0811 e. The molecule has 0 saturated carbocycles. The van der Waals surface area contributed by atoms with Crippen LogP contribution in [0.2, 0.25) is 0 Å². The van der Waals surface area contributed by atoms with Gasteiger partial charge in [-0.1, -0.05) is 6.08 Å². The zero-order valence-corrected chi connectivity index (χ0v) is 4.18. The summed E-state index contributed by atoms with van der Waals surface area (Å²) < 4.78 is 4.83. The van der Waals surface area contributed by atoms with Crippen molar-refractivity contribution in [1.82, 2.24) is 0 Å². The van der Waals surface area contributed by atoms with E-state index in [2.05, 4.69) is 6.58 Å². The molecule has 2 nitrogen and oxygen atoms in total. The van der Waals surface area contributed by atoms with Crippen molar-refractivity contribution in [1.29, 1.82) is 0 Å². The highest BCUT2D eigenvalue weighted by Gasteiger charge is 2.29. The van der Waals surface area contributed by atoms with Crippen molar-refractivity contribution in [2.45, 2.75) is 5.54 Å². The molecular formula is C5H9NO. The molecule has 0 aromatic rings. The van der Waals surface area contributed by atoms with Crippen molar-refractivity contribution in [3.63, 3.8) is 0 Å². The lowest BCUT2D eigenvalue weighted by Crippen LogP contribution is -2.55. The summed E-state index contributed by atoms with van der Waals surface area (Å²) in [6, 6.07) is 0. The van der Waals surface area contributed by atoms with E-state index in [0.29, 0.717) is 13.2 Å². The Bertz CT molecular complexity index is 86.1. The highest BCUT2D eigenvalue weighted by molar-refractivity contribution is 5.05. The third-order valence-corrected chi connectivity index (χ3v) is 1.15. The molecule has 0 aromatic heterocycles. The van der Waals surface area contributed by atoms with Gasteiger partial charge in [0, 0.05) is 0 Å². The van der Waals surface area contributed by atoms with Crippen molar-refractivity contribution < 1.29 is 4.74 Å². The largest absolute Gasteiger partial charge is 0.377 e. The van der Waals surface area contributed by atoms with E-state index < -0.39 is 0 Å². The van der Waals surface area contributed by atoms with E-state index in [4.69, 9.17) is 10.5 Å². The van der Waals surface area contributed by atoms with Crippen LogP contribution in [-0.4, -0.2) is 18.8 Å². The Kier molecular flexibility index (Phi) is 0.905. The fourth-order valence-corrected chi connectivity index (χ4v) is 0.456. The molecule has 0 aliphatic carbocycles. The monoisotopic (exact) mass is 99.1 g/mol. The molecule has 1 heterocycles. The fraction of sp³-hybridized carbons (Fsp3) is 0.600. The van der Waals surface area contributed by atoms with E-state index in [1.165, 1.54) is 0 Å². The summed E-state index contributed by atoms with van der Waals surface area (Å²) in [5, 5.41) is 0. The third-order valence-electron chi connectivity index (χ3n) is 1.15. The molecule has 0 unspecified atom stereocenters. The summed E-state index contributed by atoms with van der Waals surface area (Å²) in [7, 11) is 0. The minimum Gasteiger partial charge on any atom is -0.377 e. The van der Waals surface area contributed by atoms with Crippen LogP contribution in [0.25, 0.3) is 0 Å². The van der Waals surface area contributed by atoms with Crippen molar-refractivity contribution in [3.05, 3.63) is 12.7 Å². The molecule has 0 aromatic carbocycles. The normalized spacial score (nSPS) is 25.9. The first-order valence-corrected chi connectivity index (χ1v) is 2.27. The van der Waals surface area contributed by atoms with Crippen LogP contribution in [0.5, 0.6) is 0 Å². The zero-order chi connectivity index (χ0) is 5.33. The second-order valence-corrected chi connectivity index (χ2v) is 1.93. The van der Waals surface area contributed by atoms with Crippen LogP contribution in [0.15, 0.2) is 12.7 Å². The van der Waals surface area contributed by atoms with Gasteiger partial charge in [-0.05, 0) is 0 Å². The SMILES string of the molecule is C=CC1(N)COC1. The predicted octanol–water partition coefficient (Wildman–Crippen LogP) is -0.0999. The van der Waals surface area contributed by atoms with Gasteiger partial charge in [0.2, 0.25) is 0 Å². The first kappa shape index (κ1) is 4.81. The highest BCUT2D eigenvalue weighted by Crippen LogP contribution is 2.12. The maximum absolute atomic E-state index is 5.56. The van der Waals surface area contributed by atoms with Crippen LogP contribution in [0, 0.1) is 0 Å². The Labute approximate surface area is 43.0 Å². The number of ether oxygens (including phenoxy) is 1. The lowest BCUT2D eigenvalue weighted by Gasteiger charge is -2.34. The van der Waals surface area contributed by atoms with Crippen LogP contribution in [0.3, 0.4) is 0 Å². The van der Waals surface area contributed by atoms with Gasteiger partial charge in [-0.25, -0.2) is 0 Å². The Morgan fingerprint density at radius 3 is 2.29 bits per heavy atom. The van der Waals surface area contributed by atoms with Gasteiger partial charge >= 0.3 is 0 Å². The summed E-state index contributed by atoms with van der Waals surface area (Å²) in [6.45, 7) is 4.82. The van der Waals surface area contributed by atoms with Crippen molar-refractivity contribution in [2.24, 2.45) is 5.73 Å². The van der Waals surface area contributed by atoms with E-state index in [-0.39, 0.29) is 5.54 Å². The van der Waals surface area contributed by atoms with Gasteiger partial charge < -0.3 is 10.5 Å². The van der Waals surface area contributed by atoms with Crippen molar-refractivity contribution >= 4 is 0 Å². The van der Waals surface area contributed by atoms with E-state index in [1.54, 1.807) is 6.08 Å². The molecule has 2 heteroatoms. The molecule has 40 valence electrons. The number of hydrogen-bond donors (Lipinski definition) is 1. The smallest absolute Gasteiger partial charge is 0.0811 e. The van der Waals surface area contributed by atoms with Crippen LogP contribution in [0.4, 0.5) is 0 Å². The van der Waals surface area contributed by atoms with Gasteiger partial charge in [0.1, 0.15) is 0 Å². The minimum atomic E-state index is -0.194. The number of nitrogens with two attached hydrogens (primary N) is 1. The quantitative estimate of drug-likeness (QED) is 0.466. The first-order valence-electron chi connectivity index (χ1n) is 2.27. The number of rotatable bonds is 1. The Hall–Kier alpha value is -0.340. The second-order valence-electron chi connectivity index (χ2n) is 1.93. The van der Waals surface area contributed by atoms with Gasteiger partial charge in [0.05, 0.1) is 18.8 Å². The summed E-state index contributed by atoms with van der Waals surface area (Å²) in [4.78, 5) is 0. The summed E-state index contributed by atoms with van der Waals surface area (Å²) in [5.41, 5.74) is 5.36. The standard InChI is InChI=1S/C5H9NO/c1-2-5(6)3-7-4-5/h2H,1,3-4,6H2. The molecule has 1 rings (SSSR count). The van der Waals surface area contributed by atoms with Crippen LogP contribution in [-0.2, 0) is 4.74 Å². The topological polar surface area (TPSA) is 35.2 Å². The van der Waals surface area contributed by atoms with Gasteiger partial charge in [0.15, 0.2) is 0 Å². The second kappa shape index (κ2) is 1.32. The number of hydrogen-bond acceptors (Lipinski definition) is 2. The Balaban J connectivity index is 2.43. The first-order chi connectivity index (χ1) is 3.27. The van der Waals surface area contributed by atoms with Crippen LogP contribution < -0.4 is 5.73 Å². The molecule has 0 spiro atoms. The van der Waals surface area contributed by atoms with Gasteiger partial charge in [-0.2, -0.15) is 0 Å². The molecular weight excluding hydrogens is 90.1 g/mol. The average molecular weight is 99.1 g/mol. The maximum atomic E-state index is 5.56. The van der Waals surface area contributed by atoms with E-state index in [1.807, 2.05) is 0 Å². The average Bonchev–Trinajstić information content (AvgIpc) is 1.61. The molecule has 0 atom stereocenters. The molecule has 2 N–H and O–H groups in total. The van der Waals surface area contributed by atoms with Gasteiger partial charge in [-0.3, -0.25) is 0 Å². The molecule has 7 heavy (non-hydrogen) atoms. The molecule has 1 aliphatic heterocycles. The molecule has 1 aliphatic rings. The summed E-state index contributed by atoms with van der Waals surface area (Å²) >= 11 is 0. The molecule has 0 radical (unpaired) electrons. The molecule has 1 saturated heterocycles. The molecule has 1 fully saturated rings. The molecule has 0 amide bonds. The fourth-order valence-electron chi connectivity index (χ4n) is 0.456. The lowest BCUT2D eigenvalue weighted by molar-refractivity contribution is -0.0277. The lowest BCUT2D eigenvalue weighted by atomic mass is 10.0. The van der Waals surface area contributed by atoms with Crippen LogP contribution >= 0.6 is 0 Å². The predicted molar refractivity (Wildman–Crippen MR) is 27.9 cm³/mol. The van der Waals surface area contributed by atoms with Gasteiger partial charge in [0.25, 0.3) is 0 Å². The van der Waals surface area contributed by atoms with Gasteiger partial charge in [-0.15, -0.1) is 6.58 Å². The Morgan fingerprint density at radius 2 is 2.29 bits per heavy atom. The Morgan fingerprint density at radius 1 is 1.71 bits per heavy atom. The van der Waals surface area contributed by atoms with Crippen LogP contribution in [0.1, 0.15) is 0 Å². The van der Waals surface area contributed by atoms with E-state index >= 15 is 0 Å². The minimum absolute atomic E-state index is 0.194. The van der Waals surface area contributed by atoms with E-state index in [9.17, 15) is 0 Å². The highest BCUT2D eigenvalue weighted by atomic mass is 16.5. The van der Waals surface area contributed by atoms with Crippen molar-refractivity contribution in [3.8, 4) is 0 Å².